The number of carbonyl (C=O) groups is 1. The lowest BCUT2D eigenvalue weighted by Crippen LogP contribution is -2.18. The molecule has 0 spiro atoms. The number of hydrogen-bond donors (Lipinski definition) is 2. The Morgan fingerprint density at radius 2 is 1.71 bits per heavy atom. The summed E-state index contributed by atoms with van der Waals surface area (Å²) in [6.45, 7) is 3.48. The van der Waals surface area contributed by atoms with E-state index in [2.05, 4.69) is 10.6 Å². The first kappa shape index (κ1) is 15.0. The lowest BCUT2D eigenvalue weighted by Gasteiger charge is -2.16. The fraction of sp³-hybridized carbons (Fsp3) is 0.235. The van der Waals surface area contributed by atoms with Crippen molar-refractivity contribution in [1.29, 1.82) is 0 Å². The predicted molar refractivity (Wildman–Crippen MR) is 83.9 cm³/mol. The van der Waals surface area contributed by atoms with Crippen molar-refractivity contribution < 1.29 is 9.18 Å². The van der Waals surface area contributed by atoms with Crippen LogP contribution in [0.15, 0.2) is 48.5 Å². The van der Waals surface area contributed by atoms with Crippen molar-refractivity contribution in [1.82, 2.24) is 0 Å². The molecule has 1 unspecified atom stereocenters. The molecular formula is C17H19FN2O. The number of nitrogens with one attached hydrogen (secondary N) is 2. The zero-order valence-electron chi connectivity index (χ0n) is 12.2. The van der Waals surface area contributed by atoms with Gasteiger partial charge in [-0.25, -0.2) is 4.39 Å². The molecule has 0 fully saturated rings. The van der Waals surface area contributed by atoms with Crippen LogP contribution in [0.25, 0.3) is 0 Å². The normalized spacial score (nSPS) is 11.8. The minimum absolute atomic E-state index is 0.0939. The van der Waals surface area contributed by atoms with Crippen molar-refractivity contribution >= 4 is 17.3 Å². The van der Waals surface area contributed by atoms with E-state index in [1.807, 2.05) is 37.3 Å². The van der Waals surface area contributed by atoms with Gasteiger partial charge in [-0.05, 0) is 49.2 Å². The smallest absolute Gasteiger partial charge is 0.221 e. The van der Waals surface area contributed by atoms with E-state index >= 15 is 0 Å². The molecule has 110 valence electrons. The molecule has 1 atom stereocenters. The highest BCUT2D eigenvalue weighted by atomic mass is 19.1. The maximum absolute atomic E-state index is 13.6. The number of carbonyl (C=O) groups excluding carboxylic acids is 1. The van der Waals surface area contributed by atoms with Gasteiger partial charge in [0.2, 0.25) is 5.91 Å². The third kappa shape index (κ3) is 4.60. The molecule has 2 aromatic rings. The zero-order chi connectivity index (χ0) is 15.2. The number of halogens is 1. The molecule has 2 rings (SSSR count). The Balaban J connectivity index is 1.95. The third-order valence-corrected chi connectivity index (χ3v) is 3.10. The third-order valence-electron chi connectivity index (χ3n) is 3.10. The van der Waals surface area contributed by atoms with Gasteiger partial charge in [0.15, 0.2) is 0 Å². The molecule has 0 bridgehead atoms. The minimum atomic E-state index is -0.174. The Morgan fingerprint density at radius 3 is 2.33 bits per heavy atom. The average molecular weight is 286 g/mol. The van der Waals surface area contributed by atoms with Gasteiger partial charge in [-0.15, -0.1) is 0 Å². The first-order chi connectivity index (χ1) is 10.0. The summed E-state index contributed by atoms with van der Waals surface area (Å²) in [6.07, 6.45) is 0.611. The molecule has 2 N–H and O–H groups in total. The van der Waals surface area contributed by atoms with Crippen molar-refractivity contribution in [3.05, 3.63) is 59.9 Å². The highest BCUT2D eigenvalue weighted by Crippen LogP contribution is 2.16. The Morgan fingerprint density at radius 1 is 1.10 bits per heavy atom. The summed E-state index contributed by atoms with van der Waals surface area (Å²) in [5.74, 6) is -0.268. The fourth-order valence-electron chi connectivity index (χ4n) is 2.18. The second kappa shape index (κ2) is 6.88. The van der Waals surface area contributed by atoms with Crippen LogP contribution < -0.4 is 10.6 Å². The first-order valence-corrected chi connectivity index (χ1v) is 6.92. The van der Waals surface area contributed by atoms with Crippen LogP contribution in [-0.2, 0) is 11.2 Å². The summed E-state index contributed by atoms with van der Waals surface area (Å²) in [5, 5.41) is 6.04. The van der Waals surface area contributed by atoms with Crippen LogP contribution in [0.1, 0.15) is 19.4 Å². The first-order valence-electron chi connectivity index (χ1n) is 6.92. The molecule has 0 aromatic heterocycles. The topological polar surface area (TPSA) is 41.1 Å². The summed E-state index contributed by atoms with van der Waals surface area (Å²) in [7, 11) is 0. The maximum Gasteiger partial charge on any atom is 0.221 e. The lowest BCUT2D eigenvalue weighted by molar-refractivity contribution is -0.114. The van der Waals surface area contributed by atoms with Crippen molar-refractivity contribution in [2.24, 2.45) is 0 Å². The van der Waals surface area contributed by atoms with Crippen molar-refractivity contribution in [3.8, 4) is 0 Å². The molecule has 0 heterocycles. The Bertz CT molecular complexity index is 610. The van der Waals surface area contributed by atoms with Gasteiger partial charge in [0, 0.05) is 24.3 Å². The molecule has 0 aliphatic rings. The quantitative estimate of drug-likeness (QED) is 0.877. The minimum Gasteiger partial charge on any atom is -0.382 e. The van der Waals surface area contributed by atoms with Gasteiger partial charge in [0.05, 0.1) is 0 Å². The maximum atomic E-state index is 13.6. The average Bonchev–Trinajstić information content (AvgIpc) is 2.43. The van der Waals surface area contributed by atoms with E-state index in [0.29, 0.717) is 12.0 Å². The lowest BCUT2D eigenvalue weighted by atomic mass is 10.1. The molecule has 4 heteroatoms. The van der Waals surface area contributed by atoms with Crippen LogP contribution in [0, 0.1) is 5.82 Å². The highest BCUT2D eigenvalue weighted by Gasteiger charge is 2.07. The number of anilines is 2. The summed E-state index contributed by atoms with van der Waals surface area (Å²) in [5.41, 5.74) is 2.40. The summed E-state index contributed by atoms with van der Waals surface area (Å²) >= 11 is 0. The molecule has 1 amide bonds. The summed E-state index contributed by atoms with van der Waals surface area (Å²) in [4.78, 5) is 10.9. The number of rotatable bonds is 5. The fourth-order valence-corrected chi connectivity index (χ4v) is 2.18. The molecule has 0 saturated heterocycles. The predicted octanol–water partition coefficient (Wildman–Crippen LogP) is 3.83. The van der Waals surface area contributed by atoms with Crippen LogP contribution in [0.2, 0.25) is 0 Å². The van der Waals surface area contributed by atoms with E-state index < -0.39 is 0 Å². The molecule has 2 aromatic carbocycles. The SMILES string of the molecule is CC(=O)Nc1ccc(NC(C)Cc2ccccc2F)cc1. The Kier molecular flexibility index (Phi) is 4.93. The van der Waals surface area contributed by atoms with Crippen molar-refractivity contribution in [2.75, 3.05) is 10.6 Å². The molecular weight excluding hydrogens is 267 g/mol. The van der Waals surface area contributed by atoms with Gasteiger partial charge in [-0.2, -0.15) is 0 Å². The largest absolute Gasteiger partial charge is 0.382 e. The van der Waals surface area contributed by atoms with E-state index in [0.717, 1.165) is 11.4 Å². The van der Waals surface area contributed by atoms with E-state index in [-0.39, 0.29) is 17.8 Å². The number of benzene rings is 2. The van der Waals surface area contributed by atoms with Crippen molar-refractivity contribution in [3.63, 3.8) is 0 Å². The molecule has 0 radical (unpaired) electrons. The van der Waals surface area contributed by atoms with Crippen LogP contribution in [-0.4, -0.2) is 11.9 Å². The van der Waals surface area contributed by atoms with Crippen molar-refractivity contribution in [2.45, 2.75) is 26.3 Å². The Labute approximate surface area is 124 Å². The zero-order valence-corrected chi connectivity index (χ0v) is 12.2. The standard InChI is InChI=1S/C17H19FN2O/c1-12(11-14-5-3-4-6-17(14)18)19-15-7-9-16(10-8-15)20-13(2)21/h3-10,12,19H,11H2,1-2H3,(H,20,21). The van der Waals surface area contributed by atoms with Crippen LogP contribution >= 0.6 is 0 Å². The van der Waals surface area contributed by atoms with Crippen LogP contribution in [0.4, 0.5) is 15.8 Å². The number of hydrogen-bond acceptors (Lipinski definition) is 2. The summed E-state index contributed by atoms with van der Waals surface area (Å²) < 4.78 is 13.6. The second-order valence-electron chi connectivity index (χ2n) is 5.10. The molecule has 21 heavy (non-hydrogen) atoms. The van der Waals surface area contributed by atoms with Crippen LogP contribution in [0.5, 0.6) is 0 Å². The van der Waals surface area contributed by atoms with Crippen LogP contribution in [0.3, 0.4) is 0 Å². The van der Waals surface area contributed by atoms with Gasteiger partial charge in [-0.3, -0.25) is 4.79 Å². The van der Waals surface area contributed by atoms with Gasteiger partial charge < -0.3 is 10.6 Å². The van der Waals surface area contributed by atoms with Gasteiger partial charge in [0.25, 0.3) is 0 Å². The molecule has 3 nitrogen and oxygen atoms in total. The van der Waals surface area contributed by atoms with E-state index in [4.69, 9.17) is 0 Å². The van der Waals surface area contributed by atoms with E-state index in [1.165, 1.54) is 13.0 Å². The Hall–Kier alpha value is -2.36. The number of amides is 1. The van der Waals surface area contributed by atoms with Gasteiger partial charge in [0.1, 0.15) is 5.82 Å². The molecule has 0 aliphatic heterocycles. The highest BCUT2D eigenvalue weighted by molar-refractivity contribution is 5.88. The van der Waals surface area contributed by atoms with Gasteiger partial charge >= 0.3 is 0 Å². The summed E-state index contributed by atoms with van der Waals surface area (Å²) in [6, 6.07) is 14.4. The molecule has 0 saturated carbocycles. The van der Waals surface area contributed by atoms with Gasteiger partial charge in [-0.1, -0.05) is 18.2 Å². The second-order valence-corrected chi connectivity index (χ2v) is 5.10. The monoisotopic (exact) mass is 286 g/mol. The van der Waals surface area contributed by atoms with E-state index in [1.54, 1.807) is 12.1 Å². The van der Waals surface area contributed by atoms with E-state index in [9.17, 15) is 9.18 Å². The molecule has 0 aliphatic carbocycles.